The number of aliphatic hydroxyl groups excluding tert-OH is 2. The second-order valence-corrected chi connectivity index (χ2v) is 14.1. The van der Waals surface area contributed by atoms with E-state index in [0.717, 1.165) is 17.6 Å². The molecule has 4 fully saturated rings. The van der Waals surface area contributed by atoms with Crippen LogP contribution in [0.2, 0.25) is 0 Å². The quantitative estimate of drug-likeness (QED) is 0.499. The van der Waals surface area contributed by atoms with E-state index in [4.69, 9.17) is 4.74 Å². The first-order valence-electron chi connectivity index (χ1n) is 13.7. The second-order valence-electron chi connectivity index (χ2n) is 14.1. The van der Waals surface area contributed by atoms with Gasteiger partial charge in [-0.15, -0.1) is 0 Å². The molecule has 0 unspecified atom stereocenters. The minimum Gasteiger partial charge on any atom is -0.392 e. The Bertz CT molecular complexity index is 1050. The van der Waals surface area contributed by atoms with Gasteiger partial charge in [0.25, 0.3) is 0 Å². The van der Waals surface area contributed by atoms with Crippen LogP contribution in [0.15, 0.2) is 23.3 Å². The summed E-state index contributed by atoms with van der Waals surface area (Å²) in [5.74, 6) is -0.281. The SMILES string of the molecule is C/C(=C\[C@H]1C[C@](C)(O)[C@H]2[C@@H](C[C@@]3(C)[C@@H]4CC=C5[C@@H](C[C@H](O)C(=O)C5(C)C)[C@]4(C)C(=O)C[C@]23C)O1)CO. The Balaban J connectivity index is 1.59. The Morgan fingerprint density at radius 2 is 1.78 bits per heavy atom. The number of Topliss-reactive ketones (excluding diaryl/α,β-unsaturated/α-hetero) is 2. The molecule has 3 N–H and O–H groups in total. The molecule has 6 heteroatoms. The van der Waals surface area contributed by atoms with Crippen molar-refractivity contribution in [3.05, 3.63) is 23.3 Å². The highest BCUT2D eigenvalue weighted by molar-refractivity contribution is 5.94. The van der Waals surface area contributed by atoms with Gasteiger partial charge in [-0.1, -0.05) is 38.5 Å². The van der Waals surface area contributed by atoms with Crippen molar-refractivity contribution in [1.82, 2.24) is 0 Å². The van der Waals surface area contributed by atoms with Crippen LogP contribution in [0.4, 0.5) is 0 Å². The molecule has 1 heterocycles. The Morgan fingerprint density at radius 3 is 2.42 bits per heavy atom. The van der Waals surface area contributed by atoms with Gasteiger partial charge >= 0.3 is 0 Å². The zero-order valence-electron chi connectivity index (χ0n) is 22.9. The average molecular weight is 501 g/mol. The first-order chi connectivity index (χ1) is 16.5. The third kappa shape index (κ3) is 3.17. The predicted molar refractivity (Wildman–Crippen MR) is 136 cm³/mol. The van der Waals surface area contributed by atoms with Crippen LogP contribution < -0.4 is 0 Å². The molecule has 0 aromatic rings. The Labute approximate surface area is 215 Å². The normalized spacial score (nSPS) is 52.2. The summed E-state index contributed by atoms with van der Waals surface area (Å²) < 4.78 is 6.60. The van der Waals surface area contributed by atoms with E-state index >= 15 is 0 Å². The summed E-state index contributed by atoms with van der Waals surface area (Å²) >= 11 is 0. The first-order valence-corrected chi connectivity index (χ1v) is 13.7. The lowest BCUT2D eigenvalue weighted by atomic mass is 9.38. The molecule has 0 spiro atoms. The molecular weight excluding hydrogens is 456 g/mol. The molecule has 4 aliphatic carbocycles. The van der Waals surface area contributed by atoms with Gasteiger partial charge in [0.1, 0.15) is 11.9 Å². The Kier molecular flexibility index (Phi) is 5.72. The lowest BCUT2D eigenvalue weighted by molar-refractivity contribution is -0.201. The largest absolute Gasteiger partial charge is 0.392 e. The molecule has 1 aliphatic heterocycles. The summed E-state index contributed by atoms with van der Waals surface area (Å²) in [6.07, 6.45) is 5.16. The summed E-state index contributed by atoms with van der Waals surface area (Å²) in [5, 5.41) is 32.1. The standard InChI is InChI=1S/C30H44O6/c1-16(15-31)10-17-12-29(6,35)24-21(36-17)13-27(4)22-9-8-18-19(11-20(32)25(34)26(18,2)3)30(22,7)23(33)14-28(24,27)5/h8,10,17,19-22,24,31-32,35H,9,11-15H2,1-7H3/b16-10+/t17-,19+,20-,21+,22-,24-,27-,28+,29-,30-/m0/s1. The Morgan fingerprint density at radius 1 is 1.11 bits per heavy atom. The van der Waals surface area contributed by atoms with Crippen molar-refractivity contribution in [2.24, 2.45) is 39.4 Å². The van der Waals surface area contributed by atoms with Crippen LogP contribution in [0, 0.1) is 39.4 Å². The van der Waals surface area contributed by atoms with Crippen molar-refractivity contribution in [1.29, 1.82) is 0 Å². The molecule has 3 saturated carbocycles. The maximum absolute atomic E-state index is 14.3. The number of fused-ring (bicyclic) bond motifs is 7. The van der Waals surface area contributed by atoms with E-state index in [9.17, 15) is 24.9 Å². The van der Waals surface area contributed by atoms with Crippen LogP contribution in [0.3, 0.4) is 0 Å². The van der Waals surface area contributed by atoms with E-state index in [1.54, 1.807) is 0 Å². The molecule has 200 valence electrons. The maximum Gasteiger partial charge on any atom is 0.170 e. The number of carbonyl (C=O) groups excluding carboxylic acids is 2. The molecule has 36 heavy (non-hydrogen) atoms. The monoisotopic (exact) mass is 500 g/mol. The number of hydrogen-bond acceptors (Lipinski definition) is 6. The highest BCUT2D eigenvalue weighted by atomic mass is 16.5. The average Bonchev–Trinajstić information content (AvgIpc) is 2.99. The Hall–Kier alpha value is -1.34. The zero-order chi connectivity index (χ0) is 26.6. The number of ether oxygens (including phenoxy) is 1. The minimum atomic E-state index is -1.05. The fourth-order valence-corrected chi connectivity index (χ4v) is 9.86. The van der Waals surface area contributed by atoms with Crippen LogP contribution in [0.25, 0.3) is 0 Å². The third-order valence-electron chi connectivity index (χ3n) is 11.7. The van der Waals surface area contributed by atoms with Crippen LogP contribution in [0.5, 0.6) is 0 Å². The topological polar surface area (TPSA) is 104 Å². The van der Waals surface area contributed by atoms with Crippen LogP contribution in [-0.2, 0) is 14.3 Å². The van der Waals surface area contributed by atoms with E-state index in [2.05, 4.69) is 26.8 Å². The molecular formula is C30H44O6. The van der Waals surface area contributed by atoms with E-state index in [-0.39, 0.29) is 53.6 Å². The van der Waals surface area contributed by atoms with E-state index < -0.39 is 27.9 Å². The summed E-state index contributed by atoms with van der Waals surface area (Å²) in [4.78, 5) is 27.2. The molecule has 5 aliphatic rings. The molecule has 1 saturated heterocycles. The van der Waals surface area contributed by atoms with Gasteiger partial charge in [0.05, 0.1) is 24.4 Å². The summed E-state index contributed by atoms with van der Waals surface area (Å²) in [7, 11) is 0. The molecule has 0 aromatic heterocycles. The van der Waals surface area contributed by atoms with Gasteiger partial charge < -0.3 is 20.1 Å². The van der Waals surface area contributed by atoms with Crippen LogP contribution >= 0.6 is 0 Å². The fraction of sp³-hybridized carbons (Fsp3) is 0.800. The third-order valence-corrected chi connectivity index (χ3v) is 11.7. The van der Waals surface area contributed by atoms with Crippen molar-refractivity contribution < 1.29 is 29.6 Å². The first kappa shape index (κ1) is 26.3. The van der Waals surface area contributed by atoms with Gasteiger partial charge in [-0.2, -0.15) is 0 Å². The van der Waals surface area contributed by atoms with Gasteiger partial charge in [0.2, 0.25) is 0 Å². The zero-order valence-corrected chi connectivity index (χ0v) is 22.9. The number of carbonyl (C=O) groups is 2. The molecule has 5 rings (SSSR count). The lowest BCUT2D eigenvalue weighted by Crippen LogP contribution is -2.65. The summed E-state index contributed by atoms with van der Waals surface area (Å²) in [5.41, 5.74) is -1.33. The highest BCUT2D eigenvalue weighted by Crippen LogP contribution is 2.75. The second kappa shape index (κ2) is 7.84. The number of allylic oxidation sites excluding steroid dienone is 2. The van der Waals surface area contributed by atoms with Gasteiger partial charge in [0, 0.05) is 29.6 Å². The predicted octanol–water partition coefficient (Wildman–Crippen LogP) is 3.77. The molecule has 0 amide bonds. The van der Waals surface area contributed by atoms with Crippen molar-refractivity contribution in [2.45, 2.75) is 104 Å². The molecule has 0 aromatic carbocycles. The van der Waals surface area contributed by atoms with Crippen molar-refractivity contribution in [2.75, 3.05) is 6.61 Å². The molecule has 0 radical (unpaired) electrons. The number of aliphatic hydroxyl groups is 3. The van der Waals surface area contributed by atoms with Gasteiger partial charge in [-0.05, 0) is 75.2 Å². The summed E-state index contributed by atoms with van der Waals surface area (Å²) in [6.45, 7) is 14.0. The maximum atomic E-state index is 14.3. The molecule has 0 bridgehead atoms. The molecule has 10 atom stereocenters. The van der Waals surface area contributed by atoms with Gasteiger partial charge in [-0.3, -0.25) is 9.59 Å². The van der Waals surface area contributed by atoms with Gasteiger partial charge in [-0.25, -0.2) is 0 Å². The van der Waals surface area contributed by atoms with E-state index in [1.165, 1.54) is 0 Å². The van der Waals surface area contributed by atoms with Gasteiger partial charge in [0.15, 0.2) is 5.78 Å². The number of ketones is 2. The van der Waals surface area contributed by atoms with Crippen molar-refractivity contribution in [3.63, 3.8) is 0 Å². The highest BCUT2D eigenvalue weighted by Gasteiger charge is 2.75. The minimum absolute atomic E-state index is 0.0272. The van der Waals surface area contributed by atoms with Crippen LogP contribution in [-0.4, -0.2) is 57.4 Å². The van der Waals surface area contributed by atoms with Crippen LogP contribution in [0.1, 0.15) is 80.6 Å². The lowest BCUT2D eigenvalue weighted by Gasteiger charge is -2.64. The van der Waals surface area contributed by atoms with E-state index in [0.29, 0.717) is 25.7 Å². The fourth-order valence-electron chi connectivity index (χ4n) is 9.86. The van der Waals surface area contributed by atoms with Crippen molar-refractivity contribution >= 4 is 11.6 Å². The number of rotatable bonds is 2. The smallest absolute Gasteiger partial charge is 0.170 e. The number of hydrogen-bond donors (Lipinski definition) is 3. The van der Waals surface area contributed by atoms with Crippen molar-refractivity contribution in [3.8, 4) is 0 Å². The molecule has 6 nitrogen and oxygen atoms in total. The van der Waals surface area contributed by atoms with E-state index in [1.807, 2.05) is 33.8 Å². The summed E-state index contributed by atoms with van der Waals surface area (Å²) in [6, 6.07) is 0.